The maximum atomic E-state index is 5.76. The minimum absolute atomic E-state index is 0.355. The van der Waals surface area contributed by atoms with Crippen molar-refractivity contribution in [3.05, 3.63) is 29.3 Å². The predicted molar refractivity (Wildman–Crippen MR) is 83.7 cm³/mol. The van der Waals surface area contributed by atoms with Crippen molar-refractivity contribution in [1.29, 1.82) is 0 Å². The Labute approximate surface area is 118 Å². The number of piperidine rings is 1. The summed E-state index contributed by atoms with van der Waals surface area (Å²) in [6.07, 6.45) is 2.42. The van der Waals surface area contributed by atoms with E-state index in [-0.39, 0.29) is 0 Å². The van der Waals surface area contributed by atoms with Crippen LogP contribution in [-0.4, -0.2) is 19.6 Å². The largest absolute Gasteiger partial charge is 0.371 e. The van der Waals surface area contributed by atoms with Crippen molar-refractivity contribution in [1.82, 2.24) is 0 Å². The fourth-order valence-electron chi connectivity index (χ4n) is 3.42. The molecule has 1 aromatic carbocycles. The summed E-state index contributed by atoms with van der Waals surface area (Å²) in [5, 5.41) is 0. The fourth-order valence-corrected chi connectivity index (χ4v) is 3.42. The van der Waals surface area contributed by atoms with Gasteiger partial charge in [-0.2, -0.15) is 0 Å². The number of nitrogens with zero attached hydrogens (tertiary/aromatic N) is 1. The molecule has 2 heteroatoms. The van der Waals surface area contributed by atoms with Crippen molar-refractivity contribution in [3.63, 3.8) is 0 Å². The second-order valence-electron chi connectivity index (χ2n) is 6.69. The molecule has 0 aliphatic carbocycles. The molecule has 2 nitrogen and oxygen atoms in total. The van der Waals surface area contributed by atoms with Gasteiger partial charge in [-0.1, -0.05) is 26.0 Å². The monoisotopic (exact) mass is 260 g/mol. The Morgan fingerprint density at radius 3 is 2.68 bits per heavy atom. The molecule has 0 amide bonds. The minimum atomic E-state index is 0.355. The molecule has 2 rings (SSSR count). The van der Waals surface area contributed by atoms with Crippen LogP contribution in [0.3, 0.4) is 0 Å². The van der Waals surface area contributed by atoms with Gasteiger partial charge in [0.05, 0.1) is 0 Å². The first kappa shape index (κ1) is 14.4. The molecule has 1 heterocycles. The maximum Gasteiger partial charge on any atom is 0.0398 e. The highest BCUT2D eigenvalue weighted by atomic mass is 15.1. The number of hydrogen-bond donors (Lipinski definition) is 1. The van der Waals surface area contributed by atoms with E-state index in [1.807, 2.05) is 0 Å². The van der Waals surface area contributed by atoms with Crippen LogP contribution in [0.5, 0.6) is 0 Å². The zero-order valence-electron chi connectivity index (χ0n) is 12.9. The Morgan fingerprint density at radius 2 is 2.05 bits per heavy atom. The summed E-state index contributed by atoms with van der Waals surface area (Å²) in [7, 11) is 0. The van der Waals surface area contributed by atoms with Gasteiger partial charge in [0.25, 0.3) is 0 Å². The van der Waals surface area contributed by atoms with Crippen molar-refractivity contribution in [2.45, 2.75) is 40.5 Å². The van der Waals surface area contributed by atoms with Gasteiger partial charge in [0.2, 0.25) is 0 Å². The van der Waals surface area contributed by atoms with E-state index in [0.717, 1.165) is 25.4 Å². The first-order chi connectivity index (χ1) is 8.95. The third-order valence-corrected chi connectivity index (χ3v) is 4.88. The normalized spacial score (nSPS) is 22.6. The SMILES string of the molecule is Cc1cccc(N2CCC(CCN)C(C)(C)C2)c1C. The maximum absolute atomic E-state index is 5.76. The minimum Gasteiger partial charge on any atom is -0.371 e. The summed E-state index contributed by atoms with van der Waals surface area (Å²) in [4.78, 5) is 2.56. The molecule has 1 aliphatic heterocycles. The second-order valence-corrected chi connectivity index (χ2v) is 6.69. The number of anilines is 1. The number of hydrogen-bond acceptors (Lipinski definition) is 2. The van der Waals surface area contributed by atoms with Gasteiger partial charge >= 0.3 is 0 Å². The molecule has 0 spiro atoms. The average molecular weight is 260 g/mol. The van der Waals surface area contributed by atoms with Crippen LogP contribution in [0, 0.1) is 25.2 Å². The standard InChI is InChI=1S/C17H28N2/c1-13-6-5-7-16(14(13)2)19-11-9-15(8-10-18)17(3,4)12-19/h5-7,15H,8-12,18H2,1-4H3. The van der Waals surface area contributed by atoms with Gasteiger partial charge in [-0.25, -0.2) is 0 Å². The summed E-state index contributed by atoms with van der Waals surface area (Å²) < 4.78 is 0. The highest BCUT2D eigenvalue weighted by Gasteiger charge is 2.35. The molecule has 0 bridgehead atoms. The molecular formula is C17H28N2. The van der Waals surface area contributed by atoms with E-state index < -0.39 is 0 Å². The average Bonchev–Trinajstić information content (AvgIpc) is 2.35. The molecule has 1 atom stereocenters. The van der Waals surface area contributed by atoms with E-state index in [0.29, 0.717) is 5.41 Å². The lowest BCUT2D eigenvalue weighted by molar-refractivity contribution is 0.167. The summed E-state index contributed by atoms with van der Waals surface area (Å²) in [6, 6.07) is 6.64. The van der Waals surface area contributed by atoms with Crippen LogP contribution in [0.1, 0.15) is 37.8 Å². The molecule has 106 valence electrons. The smallest absolute Gasteiger partial charge is 0.0398 e. The summed E-state index contributed by atoms with van der Waals surface area (Å²) >= 11 is 0. The molecule has 0 saturated carbocycles. The van der Waals surface area contributed by atoms with Gasteiger partial charge in [0.15, 0.2) is 0 Å². The molecular weight excluding hydrogens is 232 g/mol. The van der Waals surface area contributed by atoms with Gasteiger partial charge in [-0.05, 0) is 61.8 Å². The first-order valence-electron chi connectivity index (χ1n) is 7.47. The molecule has 1 aliphatic rings. The van der Waals surface area contributed by atoms with E-state index >= 15 is 0 Å². The van der Waals surface area contributed by atoms with Crippen LogP contribution in [0.15, 0.2) is 18.2 Å². The summed E-state index contributed by atoms with van der Waals surface area (Å²) in [5.74, 6) is 0.763. The Bertz CT molecular complexity index is 437. The lowest BCUT2D eigenvalue weighted by atomic mass is 9.72. The Balaban J connectivity index is 2.19. The predicted octanol–water partition coefficient (Wildman–Crippen LogP) is 3.50. The van der Waals surface area contributed by atoms with Crippen molar-refractivity contribution in [2.75, 3.05) is 24.5 Å². The Morgan fingerprint density at radius 1 is 1.32 bits per heavy atom. The van der Waals surface area contributed by atoms with Gasteiger partial charge in [0.1, 0.15) is 0 Å². The fraction of sp³-hybridized carbons (Fsp3) is 0.647. The lowest BCUT2D eigenvalue weighted by Gasteiger charge is -2.46. The number of nitrogens with two attached hydrogens (primary N) is 1. The molecule has 1 aromatic rings. The molecule has 19 heavy (non-hydrogen) atoms. The topological polar surface area (TPSA) is 29.3 Å². The highest BCUT2D eigenvalue weighted by Crippen LogP contribution is 2.39. The molecule has 0 aromatic heterocycles. The second kappa shape index (κ2) is 5.54. The lowest BCUT2D eigenvalue weighted by Crippen LogP contribution is -2.46. The quantitative estimate of drug-likeness (QED) is 0.901. The molecule has 1 fully saturated rings. The van der Waals surface area contributed by atoms with Gasteiger partial charge < -0.3 is 10.6 Å². The first-order valence-corrected chi connectivity index (χ1v) is 7.47. The number of benzene rings is 1. The van der Waals surface area contributed by atoms with Crippen molar-refractivity contribution in [3.8, 4) is 0 Å². The van der Waals surface area contributed by atoms with E-state index in [2.05, 4.69) is 50.8 Å². The van der Waals surface area contributed by atoms with Gasteiger partial charge in [-0.15, -0.1) is 0 Å². The van der Waals surface area contributed by atoms with Crippen LogP contribution in [-0.2, 0) is 0 Å². The van der Waals surface area contributed by atoms with Crippen molar-refractivity contribution < 1.29 is 0 Å². The number of rotatable bonds is 3. The molecule has 2 N–H and O–H groups in total. The van der Waals surface area contributed by atoms with E-state index in [1.54, 1.807) is 0 Å². The summed E-state index contributed by atoms with van der Waals surface area (Å²) in [6.45, 7) is 12.3. The number of aryl methyl sites for hydroxylation is 1. The van der Waals surface area contributed by atoms with Crippen molar-refractivity contribution in [2.24, 2.45) is 17.1 Å². The zero-order valence-corrected chi connectivity index (χ0v) is 12.9. The third-order valence-electron chi connectivity index (χ3n) is 4.88. The van der Waals surface area contributed by atoms with Crippen molar-refractivity contribution >= 4 is 5.69 Å². The Kier molecular flexibility index (Phi) is 4.19. The van der Waals surface area contributed by atoms with Crippen LogP contribution in [0.2, 0.25) is 0 Å². The van der Waals surface area contributed by atoms with E-state index in [9.17, 15) is 0 Å². The van der Waals surface area contributed by atoms with Gasteiger partial charge in [-0.3, -0.25) is 0 Å². The summed E-state index contributed by atoms with van der Waals surface area (Å²) in [5.41, 5.74) is 10.3. The van der Waals surface area contributed by atoms with Crippen LogP contribution in [0.4, 0.5) is 5.69 Å². The van der Waals surface area contributed by atoms with E-state index in [1.165, 1.54) is 29.8 Å². The van der Waals surface area contributed by atoms with Crippen LogP contribution >= 0.6 is 0 Å². The molecule has 1 saturated heterocycles. The van der Waals surface area contributed by atoms with Gasteiger partial charge in [0, 0.05) is 18.8 Å². The van der Waals surface area contributed by atoms with E-state index in [4.69, 9.17) is 5.73 Å². The highest BCUT2D eigenvalue weighted by molar-refractivity contribution is 5.56. The van der Waals surface area contributed by atoms with Crippen LogP contribution < -0.4 is 10.6 Å². The third kappa shape index (κ3) is 2.94. The van der Waals surface area contributed by atoms with Crippen LogP contribution in [0.25, 0.3) is 0 Å². The molecule has 0 radical (unpaired) electrons. The molecule has 1 unspecified atom stereocenters. The zero-order chi connectivity index (χ0) is 14.0. The Hall–Kier alpha value is -1.02.